The fraction of sp³-hybridized carbons (Fsp3) is 0. The van der Waals surface area contributed by atoms with Crippen LogP contribution in [-0.4, -0.2) is 0 Å². The summed E-state index contributed by atoms with van der Waals surface area (Å²) in [7, 11) is 0. The number of hydrogen-bond acceptors (Lipinski definition) is 3. The van der Waals surface area contributed by atoms with E-state index in [-0.39, 0.29) is 0 Å². The fourth-order valence-electron chi connectivity index (χ4n) is 9.81. The Labute approximate surface area is 339 Å². The maximum atomic E-state index is 6.57. The molecule has 3 nitrogen and oxygen atoms in total. The normalized spacial score (nSPS) is 12.1. The number of para-hydroxylation sites is 2. The molecule has 0 unspecified atom stereocenters. The average molecular weight is 751 g/mol. The number of anilines is 6. The van der Waals surface area contributed by atoms with Crippen molar-refractivity contribution in [2.24, 2.45) is 0 Å². The van der Waals surface area contributed by atoms with E-state index < -0.39 is 0 Å². The van der Waals surface area contributed by atoms with E-state index in [9.17, 15) is 0 Å². The highest BCUT2D eigenvalue weighted by molar-refractivity contribution is 6.25. The van der Waals surface area contributed by atoms with Crippen LogP contribution in [0.4, 0.5) is 34.1 Å². The molecule has 0 saturated heterocycles. The van der Waals surface area contributed by atoms with Crippen LogP contribution in [0.15, 0.2) is 211 Å². The predicted molar refractivity (Wildman–Crippen MR) is 250 cm³/mol. The number of benzene rings is 12. The molecule has 3 heteroatoms. The molecule has 0 radical (unpaired) electrons. The molecule has 274 valence electrons. The van der Waals surface area contributed by atoms with E-state index in [0.29, 0.717) is 0 Å². The second kappa shape index (κ2) is 12.3. The van der Waals surface area contributed by atoms with Gasteiger partial charge >= 0.3 is 0 Å². The highest BCUT2D eigenvalue weighted by atomic mass is 16.3. The van der Waals surface area contributed by atoms with Crippen molar-refractivity contribution in [1.82, 2.24) is 0 Å². The first-order chi connectivity index (χ1) is 29.2. The summed E-state index contributed by atoms with van der Waals surface area (Å²) in [6.45, 7) is 0. The fourth-order valence-corrected chi connectivity index (χ4v) is 9.81. The van der Waals surface area contributed by atoms with Gasteiger partial charge in [-0.1, -0.05) is 121 Å². The molecular weight excluding hydrogens is 717 g/mol. The van der Waals surface area contributed by atoms with Crippen LogP contribution in [0.1, 0.15) is 0 Å². The molecule has 0 aliphatic heterocycles. The van der Waals surface area contributed by atoms with E-state index in [1.54, 1.807) is 0 Å². The van der Waals surface area contributed by atoms with Gasteiger partial charge in [-0.15, -0.1) is 0 Å². The van der Waals surface area contributed by atoms with Gasteiger partial charge in [0.1, 0.15) is 11.2 Å². The number of hydrogen-bond donors (Lipinski definition) is 0. The SMILES string of the molecule is c1ccc(N(c2cc3ccc4cccc5ccc(c2)c3c45)c2ccc3oc4ccc(N(c5ccccc5)c5cc6ccc7cccc8ccc(c5)c6c78)cc4c3c2)cc1. The van der Waals surface area contributed by atoms with E-state index in [4.69, 9.17) is 4.42 Å². The molecule has 12 aromatic carbocycles. The van der Waals surface area contributed by atoms with Gasteiger partial charge in [-0.3, -0.25) is 0 Å². The maximum absolute atomic E-state index is 6.57. The number of fused-ring (bicyclic) bond motifs is 3. The molecule has 0 N–H and O–H groups in total. The summed E-state index contributed by atoms with van der Waals surface area (Å²) in [5.41, 5.74) is 8.26. The van der Waals surface area contributed by atoms with E-state index >= 15 is 0 Å². The third-order valence-electron chi connectivity index (χ3n) is 12.4. The molecule has 0 fully saturated rings. The van der Waals surface area contributed by atoms with Gasteiger partial charge in [0.2, 0.25) is 0 Å². The van der Waals surface area contributed by atoms with Gasteiger partial charge in [-0.2, -0.15) is 0 Å². The van der Waals surface area contributed by atoms with Crippen LogP contribution >= 0.6 is 0 Å². The summed E-state index contributed by atoms with van der Waals surface area (Å²) < 4.78 is 6.57. The van der Waals surface area contributed by atoms with Crippen molar-refractivity contribution in [2.75, 3.05) is 9.80 Å². The molecule has 13 aromatic rings. The van der Waals surface area contributed by atoms with Gasteiger partial charge in [0, 0.05) is 44.9 Å². The molecule has 0 atom stereocenters. The van der Waals surface area contributed by atoms with Crippen molar-refractivity contribution < 1.29 is 4.42 Å². The Morgan fingerprint density at radius 1 is 0.237 bits per heavy atom. The van der Waals surface area contributed by atoms with E-state index in [1.165, 1.54) is 64.6 Å². The summed E-state index contributed by atoms with van der Waals surface area (Å²) in [6, 6.07) is 75.1. The Kier molecular flexibility index (Phi) is 6.72. The second-order valence-corrected chi connectivity index (χ2v) is 15.8. The Hall–Kier alpha value is -7.88. The molecule has 59 heavy (non-hydrogen) atoms. The summed E-state index contributed by atoms with van der Waals surface area (Å²) in [4.78, 5) is 4.74. The zero-order valence-corrected chi connectivity index (χ0v) is 31.9. The van der Waals surface area contributed by atoms with Gasteiger partial charge in [-0.25, -0.2) is 0 Å². The van der Waals surface area contributed by atoms with E-state index in [1.807, 2.05) is 0 Å². The summed E-state index contributed by atoms with van der Waals surface area (Å²) in [5.74, 6) is 0. The van der Waals surface area contributed by atoms with Crippen LogP contribution in [0.25, 0.3) is 86.6 Å². The molecule has 0 saturated carbocycles. The van der Waals surface area contributed by atoms with Crippen LogP contribution in [0, 0.1) is 0 Å². The first kappa shape index (κ1) is 32.2. The zero-order chi connectivity index (χ0) is 38.6. The predicted octanol–water partition coefficient (Wildman–Crippen LogP) is 16.3. The van der Waals surface area contributed by atoms with Crippen LogP contribution in [0.3, 0.4) is 0 Å². The Morgan fingerprint density at radius 3 is 0.949 bits per heavy atom. The van der Waals surface area contributed by atoms with Gasteiger partial charge < -0.3 is 14.2 Å². The highest BCUT2D eigenvalue weighted by Crippen LogP contribution is 2.45. The lowest BCUT2D eigenvalue weighted by molar-refractivity contribution is 0.669. The molecule has 0 bridgehead atoms. The molecule has 0 amide bonds. The summed E-state index contributed by atoms with van der Waals surface area (Å²) in [5, 5.41) is 17.4. The standard InChI is InChI=1S/C56H34N2O/c1-3-13-43(14-4-1)57(47-29-39-21-17-35-9-7-10-36-18-22-40(30-47)55(39)53(35)36)45-25-27-51-49(33-45)50-34-46(26-28-52(50)59-51)58(44-15-5-2-6-16-44)48-31-41-23-19-37-11-8-12-38-20-24-42(32-48)56(41)54(37)38/h1-34H. The lowest BCUT2D eigenvalue weighted by Gasteiger charge is -2.27. The third-order valence-corrected chi connectivity index (χ3v) is 12.4. The van der Waals surface area contributed by atoms with Gasteiger partial charge in [0.05, 0.1) is 0 Å². The monoisotopic (exact) mass is 750 g/mol. The molecule has 1 heterocycles. The second-order valence-electron chi connectivity index (χ2n) is 15.8. The topological polar surface area (TPSA) is 19.6 Å². The van der Waals surface area contributed by atoms with Crippen molar-refractivity contribution in [2.45, 2.75) is 0 Å². The maximum Gasteiger partial charge on any atom is 0.135 e. The quantitative estimate of drug-likeness (QED) is 0.158. The minimum absolute atomic E-state index is 0.860. The van der Waals surface area contributed by atoms with Gasteiger partial charge in [-0.05, 0) is 150 Å². The van der Waals surface area contributed by atoms with Gasteiger partial charge in [0.15, 0.2) is 0 Å². The van der Waals surface area contributed by atoms with Crippen molar-refractivity contribution in [3.05, 3.63) is 206 Å². The molecule has 13 rings (SSSR count). The first-order valence-electron chi connectivity index (χ1n) is 20.2. The third kappa shape index (κ3) is 4.89. The lowest BCUT2D eigenvalue weighted by atomic mass is 9.93. The summed E-state index contributed by atoms with van der Waals surface area (Å²) >= 11 is 0. The van der Waals surface area contributed by atoms with Crippen molar-refractivity contribution in [1.29, 1.82) is 0 Å². The Bertz CT molecular complexity index is 3360. The Morgan fingerprint density at radius 2 is 0.576 bits per heavy atom. The number of rotatable bonds is 6. The van der Waals surface area contributed by atoms with E-state index in [0.717, 1.165) is 56.1 Å². The van der Waals surface area contributed by atoms with Crippen molar-refractivity contribution in [3.63, 3.8) is 0 Å². The smallest absolute Gasteiger partial charge is 0.135 e. The molecule has 0 aliphatic rings. The first-order valence-corrected chi connectivity index (χ1v) is 20.2. The van der Waals surface area contributed by atoms with Gasteiger partial charge in [0.25, 0.3) is 0 Å². The van der Waals surface area contributed by atoms with Crippen molar-refractivity contribution >= 4 is 121 Å². The van der Waals surface area contributed by atoms with Crippen molar-refractivity contribution in [3.8, 4) is 0 Å². The van der Waals surface area contributed by atoms with E-state index in [2.05, 4.69) is 216 Å². The van der Waals surface area contributed by atoms with Crippen LogP contribution in [0.5, 0.6) is 0 Å². The molecule has 0 aliphatic carbocycles. The minimum atomic E-state index is 0.860. The largest absolute Gasteiger partial charge is 0.456 e. The molecule has 0 spiro atoms. The van der Waals surface area contributed by atoms with Crippen LogP contribution in [-0.2, 0) is 0 Å². The molecular formula is C56H34N2O. The summed E-state index contributed by atoms with van der Waals surface area (Å²) in [6.07, 6.45) is 0. The highest BCUT2D eigenvalue weighted by Gasteiger charge is 2.21. The zero-order valence-electron chi connectivity index (χ0n) is 31.9. The van der Waals surface area contributed by atoms with Crippen LogP contribution < -0.4 is 9.80 Å². The number of nitrogens with zero attached hydrogens (tertiary/aromatic N) is 2. The minimum Gasteiger partial charge on any atom is -0.456 e. The van der Waals surface area contributed by atoms with Crippen LogP contribution in [0.2, 0.25) is 0 Å². The average Bonchev–Trinajstić information content (AvgIpc) is 3.65. The molecule has 1 aromatic heterocycles. The lowest BCUT2D eigenvalue weighted by Crippen LogP contribution is -2.10. The number of furan rings is 1. The Balaban J connectivity index is 0.992.